The van der Waals surface area contributed by atoms with Crippen LogP contribution in [0.4, 0.5) is 0 Å². The number of nitrogens with one attached hydrogen (secondary N) is 1. The van der Waals surface area contributed by atoms with Gasteiger partial charge < -0.3 is 29.0 Å². The second kappa shape index (κ2) is 7.49. The van der Waals surface area contributed by atoms with E-state index in [1.54, 1.807) is 12.1 Å². The number of ether oxygens (including phenoxy) is 5. The fourth-order valence-electron chi connectivity index (χ4n) is 3.41. The molecule has 25 heavy (non-hydrogen) atoms. The molecule has 2 aliphatic rings. The molecule has 1 amide bonds. The summed E-state index contributed by atoms with van der Waals surface area (Å²) in [6.07, 6.45) is 4.01. The van der Waals surface area contributed by atoms with Crippen molar-refractivity contribution in [2.24, 2.45) is 0 Å². The monoisotopic (exact) mass is 351 g/mol. The van der Waals surface area contributed by atoms with E-state index < -0.39 is 5.79 Å². The Morgan fingerprint density at radius 3 is 2.36 bits per heavy atom. The molecule has 0 aromatic heterocycles. The van der Waals surface area contributed by atoms with E-state index in [9.17, 15) is 4.79 Å². The molecule has 1 saturated carbocycles. The molecule has 1 aliphatic heterocycles. The summed E-state index contributed by atoms with van der Waals surface area (Å²) in [5.74, 6) is 0.698. The van der Waals surface area contributed by atoms with Crippen LogP contribution < -0.4 is 19.5 Å². The molecule has 7 heteroatoms. The Morgan fingerprint density at radius 1 is 1.16 bits per heavy atom. The Bertz CT molecular complexity index is 601. The maximum absolute atomic E-state index is 12.5. The first kappa shape index (κ1) is 17.8. The lowest BCUT2D eigenvalue weighted by molar-refractivity contribution is -0.161. The molecule has 7 nitrogen and oxygen atoms in total. The lowest BCUT2D eigenvalue weighted by Crippen LogP contribution is -2.35. The third-order valence-corrected chi connectivity index (χ3v) is 4.70. The van der Waals surface area contributed by atoms with E-state index in [1.165, 1.54) is 21.3 Å². The quantitative estimate of drug-likeness (QED) is 0.846. The summed E-state index contributed by atoms with van der Waals surface area (Å²) < 4.78 is 27.7. The number of hydrogen-bond acceptors (Lipinski definition) is 6. The average molecular weight is 351 g/mol. The van der Waals surface area contributed by atoms with Gasteiger partial charge in [0, 0.05) is 24.9 Å². The van der Waals surface area contributed by atoms with Gasteiger partial charge in [-0.2, -0.15) is 0 Å². The van der Waals surface area contributed by atoms with Crippen molar-refractivity contribution in [3.8, 4) is 17.2 Å². The summed E-state index contributed by atoms with van der Waals surface area (Å²) in [6, 6.07) is 3.25. The van der Waals surface area contributed by atoms with E-state index in [0.717, 1.165) is 25.7 Å². The molecule has 1 atom stereocenters. The van der Waals surface area contributed by atoms with Gasteiger partial charge >= 0.3 is 0 Å². The molecule has 3 rings (SSSR count). The number of amides is 1. The minimum Gasteiger partial charge on any atom is -0.493 e. The maximum atomic E-state index is 12.5. The smallest absolute Gasteiger partial charge is 0.251 e. The SMILES string of the molecule is COc1cc(C(=O)NCC2COC3(CCCC3)O2)cc(OC)c1OC. The van der Waals surface area contributed by atoms with E-state index >= 15 is 0 Å². The average Bonchev–Trinajstić information content (AvgIpc) is 3.28. The number of hydrogen-bond donors (Lipinski definition) is 1. The van der Waals surface area contributed by atoms with Gasteiger partial charge in [0.2, 0.25) is 5.75 Å². The number of methoxy groups -OCH3 is 3. The van der Waals surface area contributed by atoms with Crippen LogP contribution >= 0.6 is 0 Å². The van der Waals surface area contributed by atoms with E-state index in [1.807, 2.05) is 0 Å². The van der Waals surface area contributed by atoms with Crippen molar-refractivity contribution in [2.75, 3.05) is 34.5 Å². The van der Waals surface area contributed by atoms with E-state index in [-0.39, 0.29) is 12.0 Å². The topological polar surface area (TPSA) is 75.3 Å². The molecule has 1 aliphatic carbocycles. The number of benzene rings is 1. The Kier molecular flexibility index (Phi) is 5.34. The van der Waals surface area contributed by atoms with Gasteiger partial charge in [0.1, 0.15) is 6.10 Å². The van der Waals surface area contributed by atoms with Gasteiger partial charge in [0.25, 0.3) is 5.91 Å². The lowest BCUT2D eigenvalue weighted by atomic mass is 10.1. The first-order valence-corrected chi connectivity index (χ1v) is 8.51. The predicted molar refractivity (Wildman–Crippen MR) is 90.5 cm³/mol. The van der Waals surface area contributed by atoms with Gasteiger partial charge in [-0.1, -0.05) is 0 Å². The molecule has 1 aromatic rings. The van der Waals surface area contributed by atoms with Crippen LogP contribution in [0.3, 0.4) is 0 Å². The van der Waals surface area contributed by atoms with Crippen molar-refractivity contribution in [1.29, 1.82) is 0 Å². The van der Waals surface area contributed by atoms with Crippen molar-refractivity contribution >= 4 is 5.91 Å². The summed E-state index contributed by atoms with van der Waals surface area (Å²) in [7, 11) is 4.56. The second-order valence-corrected chi connectivity index (χ2v) is 6.29. The highest BCUT2D eigenvalue weighted by atomic mass is 16.7. The van der Waals surface area contributed by atoms with Crippen LogP contribution in [-0.2, 0) is 9.47 Å². The molecule has 1 aromatic carbocycles. The van der Waals surface area contributed by atoms with Crippen LogP contribution in [0.2, 0.25) is 0 Å². The van der Waals surface area contributed by atoms with Crippen LogP contribution in [0, 0.1) is 0 Å². The van der Waals surface area contributed by atoms with E-state index in [0.29, 0.717) is 36.0 Å². The molecule has 138 valence electrons. The zero-order valence-corrected chi connectivity index (χ0v) is 14.9. The highest BCUT2D eigenvalue weighted by Crippen LogP contribution is 2.39. The van der Waals surface area contributed by atoms with Crippen molar-refractivity contribution in [3.05, 3.63) is 17.7 Å². The molecule has 1 saturated heterocycles. The van der Waals surface area contributed by atoms with Crippen molar-refractivity contribution in [3.63, 3.8) is 0 Å². The Hall–Kier alpha value is -1.99. The minimum atomic E-state index is -0.415. The summed E-state index contributed by atoms with van der Waals surface area (Å²) in [5, 5.41) is 2.89. The molecule has 1 spiro atoms. The van der Waals surface area contributed by atoms with Gasteiger partial charge in [0.05, 0.1) is 27.9 Å². The summed E-state index contributed by atoms with van der Waals surface area (Å²) in [6.45, 7) is 0.910. The predicted octanol–water partition coefficient (Wildman–Crippen LogP) is 2.13. The van der Waals surface area contributed by atoms with Gasteiger partial charge in [-0.05, 0) is 25.0 Å². The van der Waals surface area contributed by atoms with E-state index in [2.05, 4.69) is 5.32 Å². The number of rotatable bonds is 6. The third kappa shape index (κ3) is 3.67. The molecule has 2 fully saturated rings. The van der Waals surface area contributed by atoms with Gasteiger partial charge in [0.15, 0.2) is 17.3 Å². The third-order valence-electron chi connectivity index (χ3n) is 4.70. The standard InChI is InChI=1S/C18H25NO6/c1-21-14-8-12(9-15(22-2)16(14)23-3)17(20)19-10-13-11-24-18(25-13)6-4-5-7-18/h8-9,13H,4-7,10-11H2,1-3H3,(H,19,20). The largest absolute Gasteiger partial charge is 0.493 e. The summed E-state index contributed by atoms with van der Waals surface area (Å²) in [5.41, 5.74) is 0.434. The van der Waals surface area contributed by atoms with Crippen LogP contribution in [-0.4, -0.2) is 52.3 Å². The second-order valence-electron chi connectivity index (χ2n) is 6.29. The Labute approximate surface area is 147 Å². The molecule has 0 radical (unpaired) electrons. The van der Waals surface area contributed by atoms with Gasteiger partial charge in [-0.15, -0.1) is 0 Å². The summed E-state index contributed by atoms with van der Waals surface area (Å²) in [4.78, 5) is 12.5. The fraction of sp³-hybridized carbons (Fsp3) is 0.611. The van der Waals surface area contributed by atoms with Crippen LogP contribution in [0.25, 0.3) is 0 Å². The van der Waals surface area contributed by atoms with Crippen LogP contribution in [0.5, 0.6) is 17.2 Å². The van der Waals surface area contributed by atoms with Crippen LogP contribution in [0.1, 0.15) is 36.0 Å². The van der Waals surface area contributed by atoms with Crippen LogP contribution in [0.15, 0.2) is 12.1 Å². The normalized spacial score (nSPS) is 21.3. The first-order chi connectivity index (χ1) is 12.1. The van der Waals surface area contributed by atoms with Crippen molar-refractivity contribution in [2.45, 2.75) is 37.6 Å². The zero-order valence-electron chi connectivity index (χ0n) is 14.9. The van der Waals surface area contributed by atoms with E-state index in [4.69, 9.17) is 23.7 Å². The summed E-state index contributed by atoms with van der Waals surface area (Å²) >= 11 is 0. The van der Waals surface area contributed by atoms with Crippen molar-refractivity contribution < 1.29 is 28.5 Å². The lowest BCUT2D eigenvalue weighted by Gasteiger charge is -2.22. The van der Waals surface area contributed by atoms with Crippen molar-refractivity contribution in [1.82, 2.24) is 5.32 Å². The highest BCUT2D eigenvalue weighted by molar-refractivity contribution is 5.95. The molecular weight excluding hydrogens is 326 g/mol. The number of carbonyl (C=O) groups is 1. The Balaban J connectivity index is 1.63. The fourth-order valence-corrected chi connectivity index (χ4v) is 3.41. The maximum Gasteiger partial charge on any atom is 0.251 e. The molecular formula is C18H25NO6. The molecule has 1 heterocycles. The molecule has 1 unspecified atom stereocenters. The highest BCUT2D eigenvalue weighted by Gasteiger charge is 2.43. The van der Waals surface area contributed by atoms with Gasteiger partial charge in [-0.25, -0.2) is 0 Å². The first-order valence-electron chi connectivity index (χ1n) is 8.51. The zero-order chi connectivity index (χ0) is 17.9. The minimum absolute atomic E-state index is 0.121. The number of carbonyl (C=O) groups excluding carboxylic acids is 1. The molecule has 1 N–H and O–H groups in total. The van der Waals surface area contributed by atoms with Gasteiger partial charge in [-0.3, -0.25) is 4.79 Å². The molecule has 0 bridgehead atoms. The Morgan fingerprint density at radius 2 is 1.80 bits per heavy atom.